The largest absolute Gasteiger partial charge is 0.480 e. The number of hydrogen-bond donors (Lipinski definition) is 4. The summed E-state index contributed by atoms with van der Waals surface area (Å²) in [6.07, 6.45) is -0.350. The van der Waals surface area contributed by atoms with Crippen LogP contribution in [0.5, 0.6) is 0 Å². The zero-order chi connectivity index (χ0) is 16.0. The Hall–Kier alpha value is -2.16. The fraction of sp³-hybridized carbons (Fsp3) is 0.250. The maximum Gasteiger partial charge on any atom is 0.326 e. The minimum atomic E-state index is -1.32. The Kier molecular flexibility index (Phi) is 6.10. The van der Waals surface area contributed by atoms with Crippen LogP contribution in [-0.4, -0.2) is 29.1 Å². The van der Waals surface area contributed by atoms with Crippen LogP contribution < -0.4 is 16.4 Å². The SMILES string of the molecule is NC(=O)CCC(NC(=O)Nc1c(F)cccc1Br)C(=O)O. The average Bonchev–Trinajstić information content (AvgIpc) is 2.38. The molecule has 0 radical (unpaired) electrons. The molecule has 0 aromatic heterocycles. The van der Waals surface area contributed by atoms with Crippen LogP contribution in [-0.2, 0) is 9.59 Å². The van der Waals surface area contributed by atoms with Crippen molar-refractivity contribution < 1.29 is 23.9 Å². The molecule has 5 N–H and O–H groups in total. The molecule has 21 heavy (non-hydrogen) atoms. The van der Waals surface area contributed by atoms with Gasteiger partial charge >= 0.3 is 12.0 Å². The second-order valence-electron chi connectivity index (χ2n) is 4.09. The summed E-state index contributed by atoms with van der Waals surface area (Å²) >= 11 is 3.06. The molecule has 1 aromatic carbocycles. The molecule has 0 aliphatic heterocycles. The van der Waals surface area contributed by atoms with Crippen LogP contribution in [0, 0.1) is 5.82 Å². The Labute approximate surface area is 127 Å². The number of carbonyl (C=O) groups excluding carboxylic acids is 2. The lowest BCUT2D eigenvalue weighted by atomic mass is 10.1. The molecule has 114 valence electrons. The number of benzene rings is 1. The van der Waals surface area contributed by atoms with E-state index in [1.54, 1.807) is 0 Å². The summed E-state index contributed by atoms with van der Waals surface area (Å²) in [5.74, 6) is -2.68. The van der Waals surface area contributed by atoms with E-state index in [-0.39, 0.29) is 18.5 Å². The Balaban J connectivity index is 2.70. The predicted octanol–water partition coefficient (Wildman–Crippen LogP) is 1.43. The number of rotatable bonds is 6. The van der Waals surface area contributed by atoms with Crippen molar-refractivity contribution in [3.63, 3.8) is 0 Å². The van der Waals surface area contributed by atoms with Crippen molar-refractivity contribution in [3.05, 3.63) is 28.5 Å². The number of aliphatic carboxylic acids is 1. The zero-order valence-electron chi connectivity index (χ0n) is 10.7. The first-order valence-corrected chi connectivity index (χ1v) is 6.63. The number of nitrogens with two attached hydrogens (primary N) is 1. The Morgan fingerprint density at radius 2 is 2.05 bits per heavy atom. The molecule has 1 rings (SSSR count). The topological polar surface area (TPSA) is 122 Å². The fourth-order valence-electron chi connectivity index (χ4n) is 1.47. The second kappa shape index (κ2) is 7.58. The number of halogens is 2. The third kappa shape index (κ3) is 5.38. The minimum absolute atomic E-state index is 0.117. The number of primary amides is 1. The normalized spacial score (nSPS) is 11.5. The van der Waals surface area contributed by atoms with Gasteiger partial charge in [-0.1, -0.05) is 6.07 Å². The van der Waals surface area contributed by atoms with E-state index in [0.717, 1.165) is 6.07 Å². The van der Waals surface area contributed by atoms with Crippen LogP contribution in [0.15, 0.2) is 22.7 Å². The van der Waals surface area contributed by atoms with E-state index in [1.165, 1.54) is 12.1 Å². The van der Waals surface area contributed by atoms with Gasteiger partial charge < -0.3 is 21.5 Å². The van der Waals surface area contributed by atoms with Gasteiger partial charge in [0, 0.05) is 10.9 Å². The molecule has 3 amide bonds. The first-order valence-electron chi connectivity index (χ1n) is 5.84. The number of carboxylic acid groups (broad SMARTS) is 1. The van der Waals surface area contributed by atoms with Gasteiger partial charge in [0.05, 0.1) is 5.69 Å². The predicted molar refractivity (Wildman–Crippen MR) is 76.1 cm³/mol. The van der Waals surface area contributed by atoms with E-state index in [9.17, 15) is 18.8 Å². The highest BCUT2D eigenvalue weighted by Crippen LogP contribution is 2.24. The van der Waals surface area contributed by atoms with Gasteiger partial charge in [0.25, 0.3) is 0 Å². The number of hydrogen-bond acceptors (Lipinski definition) is 3. The quantitative estimate of drug-likeness (QED) is 0.612. The summed E-state index contributed by atoms with van der Waals surface area (Å²) in [5.41, 5.74) is 4.80. The molecule has 7 nitrogen and oxygen atoms in total. The minimum Gasteiger partial charge on any atom is -0.480 e. The van der Waals surface area contributed by atoms with Crippen LogP contribution in [0.25, 0.3) is 0 Å². The van der Waals surface area contributed by atoms with Gasteiger partial charge in [-0.25, -0.2) is 14.0 Å². The van der Waals surface area contributed by atoms with Gasteiger partial charge in [-0.3, -0.25) is 4.79 Å². The lowest BCUT2D eigenvalue weighted by Crippen LogP contribution is -2.43. The van der Waals surface area contributed by atoms with Gasteiger partial charge in [0.15, 0.2) is 0 Å². The molecule has 0 aliphatic carbocycles. The van der Waals surface area contributed by atoms with Gasteiger partial charge in [-0.2, -0.15) is 0 Å². The molecule has 1 aromatic rings. The Morgan fingerprint density at radius 1 is 1.38 bits per heavy atom. The number of para-hydroxylation sites is 1. The first kappa shape index (κ1) is 16.9. The van der Waals surface area contributed by atoms with Crippen LogP contribution in [0.1, 0.15) is 12.8 Å². The zero-order valence-corrected chi connectivity index (χ0v) is 12.3. The second-order valence-corrected chi connectivity index (χ2v) is 4.95. The smallest absolute Gasteiger partial charge is 0.326 e. The van der Waals surface area contributed by atoms with E-state index in [2.05, 4.69) is 26.6 Å². The van der Waals surface area contributed by atoms with Crippen molar-refractivity contribution in [1.29, 1.82) is 0 Å². The molecule has 0 bridgehead atoms. The molecule has 1 atom stereocenters. The third-order valence-corrected chi connectivity index (χ3v) is 3.14. The van der Waals surface area contributed by atoms with E-state index in [1.807, 2.05) is 0 Å². The highest BCUT2D eigenvalue weighted by Gasteiger charge is 2.21. The molecule has 0 spiro atoms. The molecule has 0 saturated heterocycles. The maximum absolute atomic E-state index is 13.5. The number of carbonyl (C=O) groups is 3. The summed E-state index contributed by atoms with van der Waals surface area (Å²) in [6.45, 7) is 0. The summed E-state index contributed by atoms with van der Waals surface area (Å²) in [7, 11) is 0. The molecule has 1 unspecified atom stereocenters. The van der Waals surface area contributed by atoms with Gasteiger partial charge in [-0.05, 0) is 34.5 Å². The van der Waals surface area contributed by atoms with Crippen molar-refractivity contribution in [2.45, 2.75) is 18.9 Å². The Morgan fingerprint density at radius 3 is 2.57 bits per heavy atom. The molecule has 0 heterocycles. The molecule has 0 aliphatic rings. The van der Waals surface area contributed by atoms with Crippen LogP contribution in [0.4, 0.5) is 14.9 Å². The van der Waals surface area contributed by atoms with Crippen LogP contribution in [0.3, 0.4) is 0 Å². The fourth-order valence-corrected chi connectivity index (χ4v) is 1.91. The number of nitrogens with one attached hydrogen (secondary N) is 2. The maximum atomic E-state index is 13.5. The summed E-state index contributed by atoms with van der Waals surface area (Å²) < 4.78 is 13.8. The highest BCUT2D eigenvalue weighted by atomic mass is 79.9. The third-order valence-electron chi connectivity index (χ3n) is 2.48. The average molecular weight is 362 g/mol. The molecule has 9 heteroatoms. The van der Waals surface area contributed by atoms with E-state index in [0.29, 0.717) is 4.47 Å². The van der Waals surface area contributed by atoms with Crippen molar-refractivity contribution in [1.82, 2.24) is 5.32 Å². The molecule has 0 fully saturated rings. The molecule has 0 saturated carbocycles. The van der Waals surface area contributed by atoms with Crippen molar-refractivity contribution in [2.24, 2.45) is 5.73 Å². The van der Waals surface area contributed by atoms with Crippen molar-refractivity contribution in [3.8, 4) is 0 Å². The Bertz CT molecular complexity index is 547. The summed E-state index contributed by atoms with van der Waals surface area (Å²) in [6, 6.07) is 1.89. The monoisotopic (exact) mass is 361 g/mol. The van der Waals surface area contributed by atoms with Crippen molar-refractivity contribution >= 4 is 39.5 Å². The number of urea groups is 1. The van der Waals surface area contributed by atoms with Gasteiger partial charge in [0.2, 0.25) is 5.91 Å². The van der Waals surface area contributed by atoms with Crippen LogP contribution >= 0.6 is 15.9 Å². The first-order chi connectivity index (χ1) is 9.81. The number of anilines is 1. The summed E-state index contributed by atoms with van der Waals surface area (Å²) in [4.78, 5) is 33.3. The summed E-state index contributed by atoms with van der Waals surface area (Å²) in [5, 5.41) is 13.3. The van der Waals surface area contributed by atoms with Crippen molar-refractivity contribution in [2.75, 3.05) is 5.32 Å². The van der Waals surface area contributed by atoms with E-state index >= 15 is 0 Å². The molecular weight excluding hydrogens is 349 g/mol. The molecular formula is C12H13BrFN3O4. The van der Waals surface area contributed by atoms with E-state index < -0.39 is 29.8 Å². The standard InChI is InChI=1S/C12H13BrFN3O4/c13-6-2-1-3-7(14)10(6)17-12(21)16-8(11(19)20)4-5-9(15)18/h1-3,8H,4-5H2,(H2,15,18)(H,19,20)(H2,16,17,21). The number of amides is 3. The van der Waals surface area contributed by atoms with Gasteiger partial charge in [-0.15, -0.1) is 0 Å². The van der Waals surface area contributed by atoms with E-state index in [4.69, 9.17) is 10.8 Å². The lowest BCUT2D eigenvalue weighted by molar-refractivity contribution is -0.139. The van der Waals surface area contributed by atoms with Gasteiger partial charge in [0.1, 0.15) is 11.9 Å². The van der Waals surface area contributed by atoms with Crippen LogP contribution in [0.2, 0.25) is 0 Å². The highest BCUT2D eigenvalue weighted by molar-refractivity contribution is 9.10. The number of carboxylic acids is 1. The lowest BCUT2D eigenvalue weighted by Gasteiger charge is -2.15.